The van der Waals surface area contributed by atoms with E-state index in [0.717, 1.165) is 27.9 Å². The van der Waals surface area contributed by atoms with Crippen molar-refractivity contribution >= 4 is 35.6 Å². The SMILES string of the molecule is COc1ccccc1-c1n[nH]c(=S)n1N.COc1ccccc1-c1nnc(SCC(=O)Nc2cc(C)cc(C)c2)n1N. The van der Waals surface area contributed by atoms with Gasteiger partial charge in [0, 0.05) is 5.69 Å². The number of thioether (sulfide) groups is 1. The smallest absolute Gasteiger partial charge is 0.234 e. The Hall–Kier alpha value is -4.82. The van der Waals surface area contributed by atoms with E-state index in [0.29, 0.717) is 33.1 Å². The minimum Gasteiger partial charge on any atom is -0.496 e. The highest BCUT2D eigenvalue weighted by Crippen LogP contribution is 2.29. The highest BCUT2D eigenvalue weighted by atomic mass is 32.2. The van der Waals surface area contributed by atoms with Gasteiger partial charge in [0.15, 0.2) is 11.6 Å². The van der Waals surface area contributed by atoms with Gasteiger partial charge in [-0.05, 0) is 73.6 Å². The van der Waals surface area contributed by atoms with Crippen LogP contribution in [0.25, 0.3) is 22.8 Å². The summed E-state index contributed by atoms with van der Waals surface area (Å²) in [6.07, 6.45) is 0. The van der Waals surface area contributed by atoms with E-state index in [2.05, 4.69) is 31.8 Å². The van der Waals surface area contributed by atoms with Crippen molar-refractivity contribution in [3.05, 3.63) is 82.6 Å². The van der Waals surface area contributed by atoms with E-state index in [1.807, 2.05) is 74.5 Å². The molecule has 2 heterocycles. The van der Waals surface area contributed by atoms with E-state index in [9.17, 15) is 4.79 Å². The Morgan fingerprint density at radius 2 is 1.48 bits per heavy atom. The molecule has 0 radical (unpaired) electrons. The molecule has 5 aromatic rings. The average molecular weight is 606 g/mol. The Morgan fingerprint density at radius 1 is 0.905 bits per heavy atom. The van der Waals surface area contributed by atoms with Crippen LogP contribution in [0.4, 0.5) is 5.69 Å². The molecule has 0 bridgehead atoms. The van der Waals surface area contributed by atoms with Crippen LogP contribution in [-0.4, -0.2) is 55.6 Å². The lowest BCUT2D eigenvalue weighted by Crippen LogP contribution is -2.16. The van der Waals surface area contributed by atoms with E-state index in [4.69, 9.17) is 33.4 Å². The zero-order valence-electron chi connectivity index (χ0n) is 23.5. The molecule has 0 aliphatic heterocycles. The monoisotopic (exact) mass is 605 g/mol. The molecule has 0 aliphatic rings. The summed E-state index contributed by atoms with van der Waals surface area (Å²) in [4.78, 5) is 12.2. The zero-order valence-corrected chi connectivity index (χ0v) is 25.1. The second-order valence-electron chi connectivity index (χ2n) is 9.01. The molecule has 2 aromatic heterocycles. The molecule has 0 fully saturated rings. The Morgan fingerprint density at radius 3 is 2.02 bits per heavy atom. The van der Waals surface area contributed by atoms with Crippen LogP contribution in [0.1, 0.15) is 11.1 Å². The van der Waals surface area contributed by atoms with Crippen LogP contribution in [0, 0.1) is 18.6 Å². The molecule has 12 nitrogen and oxygen atoms in total. The van der Waals surface area contributed by atoms with Crippen molar-refractivity contribution in [3.8, 4) is 34.3 Å². The summed E-state index contributed by atoms with van der Waals surface area (Å²) in [7, 11) is 3.18. The molecule has 0 unspecified atom stereocenters. The number of H-pyrrole nitrogens is 1. The number of ether oxygens (including phenoxy) is 2. The molecule has 0 saturated heterocycles. The molecule has 42 heavy (non-hydrogen) atoms. The van der Waals surface area contributed by atoms with Gasteiger partial charge in [-0.1, -0.05) is 42.1 Å². The number of aromatic amines is 1. The van der Waals surface area contributed by atoms with Gasteiger partial charge in [0.05, 0.1) is 31.1 Å². The quantitative estimate of drug-likeness (QED) is 0.114. The molecule has 1 amide bonds. The van der Waals surface area contributed by atoms with Crippen LogP contribution in [0.5, 0.6) is 11.5 Å². The Labute approximate surface area is 252 Å². The van der Waals surface area contributed by atoms with E-state index >= 15 is 0 Å². The lowest BCUT2D eigenvalue weighted by Gasteiger charge is -2.08. The number of aromatic nitrogens is 6. The van der Waals surface area contributed by atoms with Crippen LogP contribution in [0.15, 0.2) is 71.9 Å². The lowest BCUT2D eigenvalue weighted by molar-refractivity contribution is -0.113. The van der Waals surface area contributed by atoms with Gasteiger partial charge >= 0.3 is 0 Å². The largest absolute Gasteiger partial charge is 0.496 e. The van der Waals surface area contributed by atoms with Gasteiger partial charge in [-0.3, -0.25) is 4.79 Å². The molecular formula is C28H31N9O3S2. The second-order valence-corrected chi connectivity index (χ2v) is 10.3. The van der Waals surface area contributed by atoms with Crippen LogP contribution < -0.4 is 26.5 Å². The minimum atomic E-state index is -0.133. The number of nitrogens with two attached hydrogens (primary N) is 2. The fourth-order valence-corrected chi connectivity index (χ4v) is 4.88. The number of hydrogen-bond donors (Lipinski definition) is 4. The Balaban J connectivity index is 0.000000227. The third-order valence-corrected chi connectivity index (χ3v) is 7.13. The number of nitrogen functional groups attached to an aromatic ring is 2. The fourth-order valence-electron chi connectivity index (χ4n) is 4.09. The number of benzene rings is 3. The van der Waals surface area contributed by atoms with Crippen molar-refractivity contribution in [3.63, 3.8) is 0 Å². The zero-order chi connectivity index (χ0) is 30.2. The van der Waals surface area contributed by atoms with Gasteiger partial charge < -0.3 is 26.5 Å². The van der Waals surface area contributed by atoms with Crippen molar-refractivity contribution in [2.45, 2.75) is 19.0 Å². The van der Waals surface area contributed by atoms with E-state index < -0.39 is 0 Å². The van der Waals surface area contributed by atoms with E-state index in [1.54, 1.807) is 14.2 Å². The maximum Gasteiger partial charge on any atom is 0.234 e. The Kier molecular flexibility index (Phi) is 9.83. The molecule has 14 heteroatoms. The van der Waals surface area contributed by atoms with Gasteiger partial charge in [0.1, 0.15) is 11.5 Å². The first-order chi connectivity index (χ1) is 20.2. The predicted octanol–water partition coefficient (Wildman–Crippen LogP) is 4.35. The van der Waals surface area contributed by atoms with Crippen LogP contribution >= 0.6 is 24.0 Å². The highest BCUT2D eigenvalue weighted by Gasteiger charge is 2.17. The molecule has 6 N–H and O–H groups in total. The first-order valence-corrected chi connectivity index (χ1v) is 14.0. The van der Waals surface area contributed by atoms with E-state index in [-0.39, 0.29) is 11.7 Å². The molecular weight excluding hydrogens is 575 g/mol. The lowest BCUT2D eigenvalue weighted by atomic mass is 10.1. The van der Waals surface area contributed by atoms with Gasteiger partial charge in [-0.25, -0.2) is 14.5 Å². The highest BCUT2D eigenvalue weighted by molar-refractivity contribution is 7.99. The number of nitrogens with zero attached hydrogens (tertiary/aromatic N) is 5. The molecule has 218 valence electrons. The molecule has 0 spiro atoms. The number of methoxy groups -OCH3 is 2. The molecule has 0 saturated carbocycles. The van der Waals surface area contributed by atoms with Crippen LogP contribution in [0.2, 0.25) is 0 Å². The van der Waals surface area contributed by atoms with Gasteiger partial charge in [0.25, 0.3) is 0 Å². The number of hydrogen-bond acceptors (Lipinski definition) is 10. The van der Waals surface area contributed by atoms with Crippen molar-refractivity contribution in [2.24, 2.45) is 0 Å². The third kappa shape index (κ3) is 7.08. The minimum absolute atomic E-state index is 0.133. The van der Waals surface area contributed by atoms with Crippen molar-refractivity contribution in [1.82, 2.24) is 29.7 Å². The number of amides is 1. The molecule has 0 atom stereocenters. The maximum atomic E-state index is 12.2. The van der Waals surface area contributed by atoms with Gasteiger partial charge in [0.2, 0.25) is 15.8 Å². The number of aryl methyl sites for hydroxylation is 2. The van der Waals surface area contributed by atoms with E-state index in [1.165, 1.54) is 21.1 Å². The van der Waals surface area contributed by atoms with Crippen molar-refractivity contribution < 1.29 is 14.3 Å². The summed E-state index contributed by atoms with van der Waals surface area (Å²) < 4.78 is 13.6. The summed E-state index contributed by atoms with van der Waals surface area (Å²) in [5.74, 6) is 14.3. The summed E-state index contributed by atoms with van der Waals surface area (Å²) >= 11 is 6.16. The molecule has 0 aliphatic carbocycles. The normalized spacial score (nSPS) is 10.5. The maximum absolute atomic E-state index is 12.2. The summed E-state index contributed by atoms with van der Waals surface area (Å²) in [5.41, 5.74) is 4.51. The Bertz CT molecular complexity index is 1730. The molecule has 5 rings (SSSR count). The van der Waals surface area contributed by atoms with Crippen LogP contribution in [-0.2, 0) is 4.79 Å². The number of nitrogens with one attached hydrogen (secondary N) is 2. The third-order valence-electron chi connectivity index (χ3n) is 5.90. The number of anilines is 1. The van der Waals surface area contributed by atoms with Crippen molar-refractivity contribution in [2.75, 3.05) is 37.0 Å². The summed E-state index contributed by atoms with van der Waals surface area (Å²) in [6, 6.07) is 20.8. The van der Waals surface area contributed by atoms with Crippen LogP contribution in [0.3, 0.4) is 0 Å². The number of carbonyl (C=O) groups excluding carboxylic acids is 1. The fraction of sp³-hybridized carbons (Fsp3) is 0.179. The first kappa shape index (κ1) is 30.1. The summed E-state index contributed by atoms with van der Waals surface area (Å²) in [6.45, 7) is 3.99. The first-order valence-electron chi connectivity index (χ1n) is 12.6. The second kappa shape index (κ2) is 13.7. The topological polar surface area (TPSA) is 164 Å². The van der Waals surface area contributed by atoms with Gasteiger partial charge in [-0.15, -0.1) is 10.2 Å². The van der Waals surface area contributed by atoms with Gasteiger partial charge in [-0.2, -0.15) is 5.10 Å². The number of rotatable bonds is 8. The number of carbonyl (C=O) groups is 1. The molecule has 3 aromatic carbocycles. The predicted molar refractivity (Wildman–Crippen MR) is 167 cm³/mol. The average Bonchev–Trinajstić information content (AvgIpc) is 3.52. The number of para-hydroxylation sites is 2. The standard InChI is InChI=1S/C19H21N5O2S.C9H10N4OS/c1-12-8-13(2)10-14(9-12)21-17(25)11-27-19-23-22-18(24(19)20)15-6-4-5-7-16(15)26-3;1-14-7-5-3-2-4-6(7)8-11-12-9(15)13(8)10/h4-10H,11,20H2,1-3H3,(H,21,25);2-5H,10H2,1H3,(H,12,15). The van der Waals surface area contributed by atoms with Crippen molar-refractivity contribution in [1.29, 1.82) is 0 Å². The summed E-state index contributed by atoms with van der Waals surface area (Å²) in [5, 5.41) is 18.2.